The predicted octanol–water partition coefficient (Wildman–Crippen LogP) is 1.81. The lowest BCUT2D eigenvalue weighted by molar-refractivity contribution is -0.0755. The monoisotopic (exact) mass is 238 g/mol. The van der Waals surface area contributed by atoms with E-state index in [4.69, 9.17) is 0 Å². The van der Waals surface area contributed by atoms with Crippen LogP contribution in [0.5, 0.6) is 0 Å². The molecule has 0 saturated carbocycles. The van der Waals surface area contributed by atoms with Crippen molar-refractivity contribution >= 4 is 11.7 Å². The number of hydrogen-bond acceptors (Lipinski definition) is 2. The summed E-state index contributed by atoms with van der Waals surface area (Å²) in [7, 11) is 0. The number of carbonyl (C=O) groups is 1. The number of likely N-dealkylation sites (tertiary alicyclic amines) is 1. The van der Waals surface area contributed by atoms with Crippen LogP contribution in [0.25, 0.3) is 0 Å². The van der Waals surface area contributed by atoms with Crippen LogP contribution in [0, 0.1) is 5.82 Å². The Bertz CT molecular complexity index is 413. The number of nitrogens with zero attached hydrogens (tertiary/aromatic N) is 1. The van der Waals surface area contributed by atoms with Crippen molar-refractivity contribution in [1.82, 2.24) is 4.90 Å². The first-order valence-corrected chi connectivity index (χ1v) is 5.56. The Morgan fingerprint density at radius 2 is 2.06 bits per heavy atom. The summed E-state index contributed by atoms with van der Waals surface area (Å²) in [6.07, 6.45) is 0.632. The Morgan fingerprint density at radius 3 is 2.59 bits per heavy atom. The van der Waals surface area contributed by atoms with Crippen LogP contribution in [0.1, 0.15) is 13.3 Å². The largest absolute Gasteiger partial charge is 0.386 e. The Labute approximate surface area is 99.0 Å². The van der Waals surface area contributed by atoms with Gasteiger partial charge >= 0.3 is 6.03 Å². The van der Waals surface area contributed by atoms with E-state index in [1.807, 2.05) is 6.92 Å². The molecule has 2 N–H and O–H groups in total. The topological polar surface area (TPSA) is 52.6 Å². The third kappa shape index (κ3) is 2.55. The van der Waals surface area contributed by atoms with Crippen LogP contribution in [-0.4, -0.2) is 34.7 Å². The normalized spacial score (nSPS) is 17.5. The number of aliphatic hydroxyl groups is 1. The van der Waals surface area contributed by atoms with Gasteiger partial charge in [0.05, 0.1) is 18.7 Å². The van der Waals surface area contributed by atoms with Crippen molar-refractivity contribution in [3.63, 3.8) is 0 Å². The fourth-order valence-corrected chi connectivity index (χ4v) is 1.77. The average Bonchev–Trinajstić information content (AvgIpc) is 2.28. The van der Waals surface area contributed by atoms with E-state index >= 15 is 0 Å². The summed E-state index contributed by atoms with van der Waals surface area (Å²) in [6.45, 7) is 2.57. The molecule has 1 aromatic carbocycles. The van der Waals surface area contributed by atoms with E-state index in [0.717, 1.165) is 0 Å². The number of β-amino-alcohol motifs (C(OH)–C–C–N with tert-alkyl or cyclic N) is 1. The van der Waals surface area contributed by atoms with Crippen LogP contribution in [-0.2, 0) is 0 Å². The highest BCUT2D eigenvalue weighted by atomic mass is 19.1. The van der Waals surface area contributed by atoms with Gasteiger partial charge in [0, 0.05) is 5.69 Å². The number of anilines is 1. The van der Waals surface area contributed by atoms with Crippen molar-refractivity contribution in [1.29, 1.82) is 0 Å². The maximum atomic E-state index is 12.7. The molecule has 0 aromatic heterocycles. The van der Waals surface area contributed by atoms with Gasteiger partial charge in [-0.15, -0.1) is 0 Å². The standard InChI is InChI=1S/C12H15FN2O2/c1-2-12(17)7-15(8-12)11(16)14-10-5-3-9(13)4-6-10/h3-6,17H,2,7-8H2,1H3,(H,14,16). The van der Waals surface area contributed by atoms with Gasteiger partial charge in [-0.1, -0.05) is 6.92 Å². The summed E-state index contributed by atoms with van der Waals surface area (Å²) in [4.78, 5) is 13.2. The third-order valence-electron chi connectivity index (χ3n) is 3.01. The van der Waals surface area contributed by atoms with Gasteiger partial charge < -0.3 is 15.3 Å². The van der Waals surface area contributed by atoms with E-state index in [2.05, 4.69) is 5.32 Å². The second-order valence-corrected chi connectivity index (χ2v) is 4.37. The summed E-state index contributed by atoms with van der Waals surface area (Å²) < 4.78 is 12.7. The lowest BCUT2D eigenvalue weighted by Crippen LogP contribution is -2.63. The molecule has 1 aliphatic heterocycles. The Hall–Kier alpha value is -1.62. The number of benzene rings is 1. The van der Waals surface area contributed by atoms with Crippen LogP contribution in [0.3, 0.4) is 0 Å². The zero-order chi connectivity index (χ0) is 12.5. The smallest absolute Gasteiger partial charge is 0.322 e. The summed E-state index contributed by atoms with van der Waals surface area (Å²) in [5, 5.41) is 12.4. The molecule has 2 amide bonds. The van der Waals surface area contributed by atoms with Gasteiger partial charge in [0.2, 0.25) is 0 Å². The third-order valence-corrected chi connectivity index (χ3v) is 3.01. The SMILES string of the molecule is CCC1(O)CN(C(=O)Nc2ccc(F)cc2)C1. The molecule has 17 heavy (non-hydrogen) atoms. The quantitative estimate of drug-likeness (QED) is 0.825. The molecule has 0 atom stereocenters. The van der Waals surface area contributed by atoms with Gasteiger partial charge in [-0.2, -0.15) is 0 Å². The fraction of sp³-hybridized carbons (Fsp3) is 0.417. The minimum Gasteiger partial charge on any atom is -0.386 e. The molecule has 2 rings (SSSR count). The number of urea groups is 1. The summed E-state index contributed by atoms with van der Waals surface area (Å²) in [5.41, 5.74) is -0.191. The lowest BCUT2D eigenvalue weighted by atomic mass is 9.92. The van der Waals surface area contributed by atoms with Crippen LogP contribution >= 0.6 is 0 Å². The first-order valence-electron chi connectivity index (χ1n) is 5.56. The van der Waals surface area contributed by atoms with Crippen LogP contribution in [0.4, 0.5) is 14.9 Å². The second kappa shape index (κ2) is 4.33. The van der Waals surface area contributed by atoms with Crippen molar-refractivity contribution in [2.24, 2.45) is 0 Å². The summed E-state index contributed by atoms with van der Waals surface area (Å²) in [5.74, 6) is -0.340. The highest BCUT2D eigenvalue weighted by Gasteiger charge is 2.41. The number of halogens is 1. The van der Waals surface area contributed by atoms with Crippen molar-refractivity contribution in [2.75, 3.05) is 18.4 Å². The van der Waals surface area contributed by atoms with E-state index in [1.54, 1.807) is 0 Å². The molecule has 92 valence electrons. The molecule has 4 nitrogen and oxygen atoms in total. The van der Waals surface area contributed by atoms with Crippen molar-refractivity contribution in [3.05, 3.63) is 30.1 Å². The molecule has 0 radical (unpaired) electrons. The number of rotatable bonds is 2. The van der Waals surface area contributed by atoms with Gasteiger partial charge in [0.15, 0.2) is 0 Å². The number of amides is 2. The van der Waals surface area contributed by atoms with Gasteiger partial charge in [0.1, 0.15) is 5.82 Å². The zero-order valence-corrected chi connectivity index (χ0v) is 9.61. The lowest BCUT2D eigenvalue weighted by Gasteiger charge is -2.45. The highest BCUT2D eigenvalue weighted by Crippen LogP contribution is 2.24. The highest BCUT2D eigenvalue weighted by molar-refractivity contribution is 5.90. The number of nitrogens with one attached hydrogen (secondary N) is 1. The van der Waals surface area contributed by atoms with Crippen LogP contribution < -0.4 is 5.32 Å². The maximum absolute atomic E-state index is 12.7. The first-order chi connectivity index (χ1) is 8.02. The molecule has 0 bridgehead atoms. The second-order valence-electron chi connectivity index (χ2n) is 4.37. The van der Waals surface area contributed by atoms with Crippen LogP contribution in [0.2, 0.25) is 0 Å². The van der Waals surface area contributed by atoms with Gasteiger partial charge in [0.25, 0.3) is 0 Å². The number of hydrogen-bond donors (Lipinski definition) is 2. The van der Waals surface area contributed by atoms with Gasteiger partial charge in [-0.3, -0.25) is 0 Å². The fourth-order valence-electron chi connectivity index (χ4n) is 1.77. The summed E-state index contributed by atoms with van der Waals surface area (Å²) >= 11 is 0. The van der Waals surface area contributed by atoms with Crippen LogP contribution in [0.15, 0.2) is 24.3 Å². The van der Waals surface area contributed by atoms with Crippen molar-refractivity contribution in [2.45, 2.75) is 18.9 Å². The van der Waals surface area contributed by atoms with E-state index in [-0.39, 0.29) is 11.8 Å². The molecule has 1 saturated heterocycles. The van der Waals surface area contributed by atoms with E-state index < -0.39 is 5.60 Å². The predicted molar refractivity (Wildman–Crippen MR) is 62.2 cm³/mol. The molecule has 5 heteroatoms. The Kier molecular flexibility index (Phi) is 3.02. The van der Waals surface area contributed by atoms with E-state index in [1.165, 1.54) is 29.2 Å². The molecular weight excluding hydrogens is 223 g/mol. The Balaban J connectivity index is 1.89. The van der Waals surface area contributed by atoms with Gasteiger partial charge in [-0.25, -0.2) is 9.18 Å². The molecule has 0 unspecified atom stereocenters. The van der Waals surface area contributed by atoms with Crippen molar-refractivity contribution in [3.8, 4) is 0 Å². The maximum Gasteiger partial charge on any atom is 0.322 e. The minimum atomic E-state index is -0.736. The molecule has 0 aliphatic carbocycles. The molecule has 0 spiro atoms. The molecular formula is C12H15FN2O2. The molecule has 1 aromatic rings. The van der Waals surface area contributed by atoms with E-state index in [0.29, 0.717) is 25.2 Å². The number of carbonyl (C=O) groups excluding carboxylic acids is 1. The van der Waals surface area contributed by atoms with E-state index in [9.17, 15) is 14.3 Å². The van der Waals surface area contributed by atoms with Crippen molar-refractivity contribution < 1.29 is 14.3 Å². The van der Waals surface area contributed by atoms with Gasteiger partial charge in [-0.05, 0) is 30.7 Å². The minimum absolute atomic E-state index is 0.269. The first kappa shape index (κ1) is 11.9. The summed E-state index contributed by atoms with van der Waals surface area (Å²) in [6, 6.07) is 5.30. The molecule has 1 aliphatic rings. The molecule has 1 fully saturated rings. The Morgan fingerprint density at radius 1 is 1.47 bits per heavy atom. The average molecular weight is 238 g/mol. The zero-order valence-electron chi connectivity index (χ0n) is 9.61. The molecule has 1 heterocycles.